The fourth-order valence-electron chi connectivity index (χ4n) is 2.24. The molecule has 0 bridgehead atoms. The molecule has 1 atom stereocenters. The molecule has 2 nitrogen and oxygen atoms in total. The standard InChI is InChI=1S/C14H19NO.ClH/c1-12-9-11-15(14(12)16)10-5-8-13-6-3-2-4-7-13;/h2-4,6-7,12H,5,8-11H2,1H3;1H. The number of carbonyl (C=O) groups is 1. The Kier molecular flexibility index (Phi) is 5.49. The average Bonchev–Trinajstić information content (AvgIpc) is 2.62. The first-order valence-corrected chi connectivity index (χ1v) is 6.10. The summed E-state index contributed by atoms with van der Waals surface area (Å²) in [6.45, 7) is 3.90. The number of likely N-dealkylation sites (tertiary alicyclic amines) is 1. The van der Waals surface area contributed by atoms with Gasteiger partial charge in [0.25, 0.3) is 0 Å². The molecule has 1 aliphatic rings. The van der Waals surface area contributed by atoms with Crippen LogP contribution >= 0.6 is 12.4 Å². The lowest BCUT2D eigenvalue weighted by atomic mass is 10.1. The number of halogens is 1. The van der Waals surface area contributed by atoms with Gasteiger partial charge in [-0.3, -0.25) is 4.79 Å². The Bertz CT molecular complexity index is 352. The Morgan fingerprint density at radius 3 is 2.59 bits per heavy atom. The van der Waals surface area contributed by atoms with Gasteiger partial charge in [0.1, 0.15) is 0 Å². The molecule has 1 aliphatic heterocycles. The molecule has 1 fully saturated rings. The fourth-order valence-corrected chi connectivity index (χ4v) is 2.24. The molecule has 94 valence electrons. The first-order valence-electron chi connectivity index (χ1n) is 6.10. The summed E-state index contributed by atoms with van der Waals surface area (Å²) < 4.78 is 0. The number of benzene rings is 1. The van der Waals surface area contributed by atoms with Crippen LogP contribution in [0.4, 0.5) is 0 Å². The van der Waals surface area contributed by atoms with E-state index in [1.165, 1.54) is 5.56 Å². The minimum absolute atomic E-state index is 0. The zero-order chi connectivity index (χ0) is 11.4. The van der Waals surface area contributed by atoms with Gasteiger partial charge in [-0.05, 0) is 24.8 Å². The van der Waals surface area contributed by atoms with E-state index in [-0.39, 0.29) is 18.3 Å². The van der Waals surface area contributed by atoms with Crippen LogP contribution in [-0.2, 0) is 11.2 Å². The highest BCUT2D eigenvalue weighted by atomic mass is 35.5. The summed E-state index contributed by atoms with van der Waals surface area (Å²) in [5.41, 5.74) is 1.36. The molecule has 17 heavy (non-hydrogen) atoms. The van der Waals surface area contributed by atoms with Gasteiger partial charge in [-0.1, -0.05) is 37.3 Å². The van der Waals surface area contributed by atoms with Crippen LogP contribution in [-0.4, -0.2) is 23.9 Å². The highest BCUT2D eigenvalue weighted by Gasteiger charge is 2.26. The van der Waals surface area contributed by atoms with E-state index in [1.807, 2.05) is 17.9 Å². The molecule has 0 aromatic heterocycles. The van der Waals surface area contributed by atoms with Crippen LogP contribution in [0.3, 0.4) is 0 Å². The van der Waals surface area contributed by atoms with Gasteiger partial charge in [0, 0.05) is 19.0 Å². The Balaban J connectivity index is 0.00000144. The van der Waals surface area contributed by atoms with E-state index in [1.54, 1.807) is 0 Å². The van der Waals surface area contributed by atoms with Gasteiger partial charge in [-0.2, -0.15) is 0 Å². The fraction of sp³-hybridized carbons (Fsp3) is 0.500. The monoisotopic (exact) mass is 253 g/mol. The van der Waals surface area contributed by atoms with Gasteiger partial charge in [-0.15, -0.1) is 12.4 Å². The Hall–Kier alpha value is -1.02. The van der Waals surface area contributed by atoms with Crippen molar-refractivity contribution in [3.8, 4) is 0 Å². The van der Waals surface area contributed by atoms with Crippen molar-refractivity contribution in [2.75, 3.05) is 13.1 Å². The highest BCUT2D eigenvalue weighted by molar-refractivity contribution is 5.85. The quantitative estimate of drug-likeness (QED) is 0.808. The topological polar surface area (TPSA) is 20.3 Å². The maximum absolute atomic E-state index is 11.7. The van der Waals surface area contributed by atoms with Crippen molar-refractivity contribution in [2.24, 2.45) is 5.92 Å². The van der Waals surface area contributed by atoms with E-state index < -0.39 is 0 Å². The second-order valence-electron chi connectivity index (χ2n) is 4.60. The summed E-state index contributed by atoms with van der Waals surface area (Å²) in [5.74, 6) is 0.588. The molecule has 0 radical (unpaired) electrons. The van der Waals surface area contributed by atoms with Gasteiger partial charge >= 0.3 is 0 Å². The van der Waals surface area contributed by atoms with Crippen LogP contribution in [0, 0.1) is 5.92 Å². The molecule has 3 heteroatoms. The van der Waals surface area contributed by atoms with Crippen LogP contribution in [0.1, 0.15) is 25.3 Å². The molecule has 0 aliphatic carbocycles. The summed E-state index contributed by atoms with van der Waals surface area (Å²) in [6.07, 6.45) is 3.17. The minimum Gasteiger partial charge on any atom is -0.342 e. The number of nitrogens with zero attached hydrogens (tertiary/aromatic N) is 1. The first-order chi connectivity index (χ1) is 7.77. The van der Waals surface area contributed by atoms with Crippen LogP contribution in [0.25, 0.3) is 0 Å². The van der Waals surface area contributed by atoms with Crippen molar-refractivity contribution in [1.29, 1.82) is 0 Å². The smallest absolute Gasteiger partial charge is 0.225 e. The normalized spacial score (nSPS) is 19.2. The molecule has 1 aromatic carbocycles. The second-order valence-corrected chi connectivity index (χ2v) is 4.60. The van der Waals surface area contributed by atoms with Crippen molar-refractivity contribution >= 4 is 18.3 Å². The number of aryl methyl sites for hydroxylation is 1. The number of hydrogen-bond donors (Lipinski definition) is 0. The molecular formula is C14H20ClNO. The largest absolute Gasteiger partial charge is 0.342 e. The average molecular weight is 254 g/mol. The zero-order valence-electron chi connectivity index (χ0n) is 10.3. The van der Waals surface area contributed by atoms with E-state index in [2.05, 4.69) is 24.3 Å². The molecule has 0 spiro atoms. The van der Waals surface area contributed by atoms with Gasteiger partial charge in [0.15, 0.2) is 0 Å². The lowest BCUT2D eigenvalue weighted by Crippen LogP contribution is -2.27. The summed E-state index contributed by atoms with van der Waals surface area (Å²) in [5, 5.41) is 0. The van der Waals surface area contributed by atoms with Crippen LogP contribution in [0.5, 0.6) is 0 Å². The summed E-state index contributed by atoms with van der Waals surface area (Å²) in [4.78, 5) is 13.7. The van der Waals surface area contributed by atoms with Crippen molar-refractivity contribution in [3.05, 3.63) is 35.9 Å². The van der Waals surface area contributed by atoms with E-state index >= 15 is 0 Å². The van der Waals surface area contributed by atoms with E-state index in [4.69, 9.17) is 0 Å². The predicted octanol–water partition coefficient (Wildman–Crippen LogP) is 2.91. The van der Waals surface area contributed by atoms with Gasteiger partial charge in [0.05, 0.1) is 0 Å². The summed E-state index contributed by atoms with van der Waals surface area (Å²) in [7, 11) is 0. The van der Waals surface area contributed by atoms with Gasteiger partial charge in [0.2, 0.25) is 5.91 Å². The second kappa shape index (κ2) is 6.65. The third-order valence-electron chi connectivity index (χ3n) is 3.30. The third kappa shape index (κ3) is 3.74. The first kappa shape index (κ1) is 14.0. The zero-order valence-corrected chi connectivity index (χ0v) is 11.1. The number of rotatable bonds is 4. The Morgan fingerprint density at radius 2 is 2.00 bits per heavy atom. The maximum atomic E-state index is 11.7. The maximum Gasteiger partial charge on any atom is 0.225 e. The van der Waals surface area contributed by atoms with Gasteiger partial charge < -0.3 is 4.90 Å². The Morgan fingerprint density at radius 1 is 1.29 bits per heavy atom. The lowest BCUT2D eigenvalue weighted by molar-refractivity contribution is -0.130. The third-order valence-corrected chi connectivity index (χ3v) is 3.30. The van der Waals surface area contributed by atoms with Crippen molar-refractivity contribution < 1.29 is 4.79 Å². The number of amides is 1. The summed E-state index contributed by atoms with van der Waals surface area (Å²) in [6, 6.07) is 10.5. The van der Waals surface area contributed by atoms with Crippen LogP contribution < -0.4 is 0 Å². The minimum atomic E-state index is 0. The van der Waals surface area contributed by atoms with Crippen LogP contribution in [0.2, 0.25) is 0 Å². The summed E-state index contributed by atoms with van der Waals surface area (Å²) >= 11 is 0. The van der Waals surface area contributed by atoms with E-state index in [0.29, 0.717) is 5.91 Å². The molecule has 0 saturated carbocycles. The van der Waals surface area contributed by atoms with E-state index in [0.717, 1.165) is 32.4 Å². The van der Waals surface area contributed by atoms with Crippen LogP contribution in [0.15, 0.2) is 30.3 Å². The molecule has 1 aromatic rings. The van der Waals surface area contributed by atoms with Crippen molar-refractivity contribution in [3.63, 3.8) is 0 Å². The predicted molar refractivity (Wildman–Crippen MR) is 72.4 cm³/mol. The Labute approximate surface area is 109 Å². The van der Waals surface area contributed by atoms with E-state index in [9.17, 15) is 4.79 Å². The van der Waals surface area contributed by atoms with Crippen molar-refractivity contribution in [1.82, 2.24) is 4.90 Å². The molecule has 2 rings (SSSR count). The number of carbonyl (C=O) groups excluding carboxylic acids is 1. The SMILES string of the molecule is CC1CCN(CCCc2ccccc2)C1=O.Cl. The molecule has 0 N–H and O–H groups in total. The molecule has 1 unspecified atom stereocenters. The van der Waals surface area contributed by atoms with Gasteiger partial charge in [-0.25, -0.2) is 0 Å². The molecule has 1 heterocycles. The molecule has 1 saturated heterocycles. The molecule has 1 amide bonds. The number of hydrogen-bond acceptors (Lipinski definition) is 1. The lowest BCUT2D eigenvalue weighted by Gasteiger charge is -2.15. The molecular weight excluding hydrogens is 234 g/mol. The highest BCUT2D eigenvalue weighted by Crippen LogP contribution is 2.17. The van der Waals surface area contributed by atoms with Crippen molar-refractivity contribution in [2.45, 2.75) is 26.2 Å².